The van der Waals surface area contributed by atoms with Crippen LogP contribution in [0.3, 0.4) is 0 Å². The van der Waals surface area contributed by atoms with E-state index in [4.69, 9.17) is 0 Å². The van der Waals surface area contributed by atoms with Crippen LogP contribution in [0.25, 0.3) is 0 Å². The number of hydrogen-bond donors (Lipinski definition) is 1. The molecule has 1 nitrogen and oxygen atoms in total. The Balaban J connectivity index is 2.40. The summed E-state index contributed by atoms with van der Waals surface area (Å²) in [5, 5.41) is 3.61. The Labute approximate surface area is 86.5 Å². The molecule has 14 heavy (non-hydrogen) atoms. The zero-order chi connectivity index (χ0) is 9.97. The molecular formula is C13H19N. The van der Waals surface area contributed by atoms with Gasteiger partial charge in [-0.2, -0.15) is 0 Å². The summed E-state index contributed by atoms with van der Waals surface area (Å²) < 4.78 is 0. The quantitative estimate of drug-likeness (QED) is 0.716. The van der Waals surface area contributed by atoms with Crippen molar-refractivity contribution in [1.29, 1.82) is 0 Å². The van der Waals surface area contributed by atoms with Crippen molar-refractivity contribution >= 4 is 0 Å². The van der Waals surface area contributed by atoms with Crippen LogP contribution >= 0.6 is 0 Å². The molecule has 0 bridgehead atoms. The van der Waals surface area contributed by atoms with Crippen molar-refractivity contribution in [2.45, 2.75) is 39.2 Å². The summed E-state index contributed by atoms with van der Waals surface area (Å²) in [4.78, 5) is 0. The predicted molar refractivity (Wildman–Crippen MR) is 60.5 cm³/mol. The van der Waals surface area contributed by atoms with Crippen LogP contribution in [-0.2, 0) is 6.42 Å². The van der Waals surface area contributed by atoms with E-state index in [0.717, 1.165) is 6.54 Å². The van der Waals surface area contributed by atoms with Crippen LogP contribution in [0.15, 0.2) is 18.2 Å². The van der Waals surface area contributed by atoms with Crippen molar-refractivity contribution < 1.29 is 0 Å². The molecule has 2 rings (SSSR count). The monoisotopic (exact) mass is 189 g/mol. The zero-order valence-electron chi connectivity index (χ0n) is 9.14. The number of nitrogens with one attached hydrogen (secondary N) is 1. The molecule has 1 heterocycles. The standard InChI is InChI=1S/C13H19N/c1-3-13-12-9-10(2)6-7-11(12)5-4-8-14-13/h6-7,9,13-14H,3-5,8H2,1-2H3. The topological polar surface area (TPSA) is 12.0 Å². The molecule has 0 radical (unpaired) electrons. The van der Waals surface area contributed by atoms with Crippen LogP contribution in [0.2, 0.25) is 0 Å². The Hall–Kier alpha value is -0.820. The smallest absolute Gasteiger partial charge is 0.0320 e. The van der Waals surface area contributed by atoms with Crippen molar-refractivity contribution in [2.24, 2.45) is 0 Å². The lowest BCUT2D eigenvalue weighted by Crippen LogP contribution is -2.20. The molecular weight excluding hydrogens is 170 g/mol. The van der Waals surface area contributed by atoms with Crippen LogP contribution in [-0.4, -0.2) is 6.54 Å². The van der Waals surface area contributed by atoms with Crippen molar-refractivity contribution in [2.75, 3.05) is 6.54 Å². The van der Waals surface area contributed by atoms with E-state index in [1.807, 2.05) is 0 Å². The number of aryl methyl sites for hydroxylation is 2. The molecule has 0 saturated carbocycles. The molecule has 1 aromatic rings. The van der Waals surface area contributed by atoms with Gasteiger partial charge in [0.25, 0.3) is 0 Å². The third kappa shape index (κ3) is 1.83. The van der Waals surface area contributed by atoms with Gasteiger partial charge in [-0.3, -0.25) is 0 Å². The van der Waals surface area contributed by atoms with Crippen LogP contribution in [0.5, 0.6) is 0 Å². The van der Waals surface area contributed by atoms with Crippen LogP contribution in [0.4, 0.5) is 0 Å². The number of rotatable bonds is 1. The molecule has 0 aliphatic carbocycles. The first kappa shape index (κ1) is 9.72. The highest BCUT2D eigenvalue weighted by atomic mass is 14.9. The van der Waals surface area contributed by atoms with E-state index in [1.165, 1.54) is 30.4 Å². The normalized spacial score (nSPS) is 21.4. The molecule has 0 aromatic heterocycles. The summed E-state index contributed by atoms with van der Waals surface area (Å²) in [7, 11) is 0. The van der Waals surface area contributed by atoms with Crippen LogP contribution < -0.4 is 5.32 Å². The number of fused-ring (bicyclic) bond motifs is 1. The third-order valence-corrected chi connectivity index (χ3v) is 3.10. The van der Waals surface area contributed by atoms with Crippen LogP contribution in [0.1, 0.15) is 42.5 Å². The summed E-state index contributed by atoms with van der Waals surface area (Å²) in [6.45, 7) is 5.60. The summed E-state index contributed by atoms with van der Waals surface area (Å²) in [6, 6.07) is 7.46. The van der Waals surface area contributed by atoms with Crippen molar-refractivity contribution in [3.05, 3.63) is 34.9 Å². The van der Waals surface area contributed by atoms with E-state index < -0.39 is 0 Å². The first-order valence-electron chi connectivity index (χ1n) is 5.64. The highest BCUT2D eigenvalue weighted by Gasteiger charge is 2.15. The first-order valence-corrected chi connectivity index (χ1v) is 5.64. The van der Waals surface area contributed by atoms with Gasteiger partial charge in [-0.05, 0) is 43.9 Å². The van der Waals surface area contributed by atoms with Gasteiger partial charge in [-0.15, -0.1) is 0 Å². The Kier molecular flexibility index (Phi) is 2.87. The molecule has 0 spiro atoms. The maximum absolute atomic E-state index is 3.61. The molecule has 1 aromatic carbocycles. The minimum absolute atomic E-state index is 0.576. The van der Waals surface area contributed by atoms with E-state index in [-0.39, 0.29) is 0 Å². The minimum atomic E-state index is 0.576. The lowest BCUT2D eigenvalue weighted by Gasteiger charge is -2.17. The van der Waals surface area contributed by atoms with Gasteiger partial charge in [0.1, 0.15) is 0 Å². The van der Waals surface area contributed by atoms with Crippen LogP contribution in [0, 0.1) is 6.92 Å². The van der Waals surface area contributed by atoms with Gasteiger partial charge in [0.15, 0.2) is 0 Å². The predicted octanol–water partition coefficient (Wildman–Crippen LogP) is 2.98. The lowest BCUT2D eigenvalue weighted by molar-refractivity contribution is 0.528. The maximum atomic E-state index is 3.61. The second kappa shape index (κ2) is 4.14. The Morgan fingerprint density at radius 3 is 3.07 bits per heavy atom. The molecule has 1 aliphatic heterocycles. The first-order chi connectivity index (χ1) is 6.81. The average molecular weight is 189 g/mol. The van der Waals surface area contributed by atoms with Gasteiger partial charge < -0.3 is 5.32 Å². The number of hydrogen-bond acceptors (Lipinski definition) is 1. The second-order valence-electron chi connectivity index (χ2n) is 4.22. The zero-order valence-corrected chi connectivity index (χ0v) is 9.14. The van der Waals surface area contributed by atoms with Gasteiger partial charge in [-0.25, -0.2) is 0 Å². The van der Waals surface area contributed by atoms with Gasteiger partial charge in [-0.1, -0.05) is 30.7 Å². The summed E-state index contributed by atoms with van der Waals surface area (Å²) in [6.07, 6.45) is 3.70. The van der Waals surface area contributed by atoms with E-state index in [9.17, 15) is 0 Å². The fourth-order valence-corrected chi connectivity index (χ4v) is 2.30. The summed E-state index contributed by atoms with van der Waals surface area (Å²) in [5.41, 5.74) is 4.46. The molecule has 0 saturated heterocycles. The van der Waals surface area contributed by atoms with Gasteiger partial charge in [0, 0.05) is 6.04 Å². The van der Waals surface area contributed by atoms with Gasteiger partial charge >= 0.3 is 0 Å². The highest BCUT2D eigenvalue weighted by Crippen LogP contribution is 2.25. The molecule has 0 fully saturated rings. The molecule has 1 N–H and O–H groups in total. The fourth-order valence-electron chi connectivity index (χ4n) is 2.30. The summed E-state index contributed by atoms with van der Waals surface area (Å²) >= 11 is 0. The molecule has 1 heteroatoms. The largest absolute Gasteiger partial charge is 0.310 e. The average Bonchev–Trinajstić information content (AvgIpc) is 2.39. The van der Waals surface area contributed by atoms with Gasteiger partial charge in [0.2, 0.25) is 0 Å². The minimum Gasteiger partial charge on any atom is -0.310 e. The van der Waals surface area contributed by atoms with Crippen molar-refractivity contribution in [1.82, 2.24) is 5.32 Å². The molecule has 1 aliphatic rings. The maximum Gasteiger partial charge on any atom is 0.0320 e. The Morgan fingerprint density at radius 2 is 2.29 bits per heavy atom. The molecule has 76 valence electrons. The van der Waals surface area contributed by atoms with E-state index in [1.54, 1.807) is 5.56 Å². The highest BCUT2D eigenvalue weighted by molar-refractivity contribution is 5.34. The molecule has 1 atom stereocenters. The molecule has 1 unspecified atom stereocenters. The summed E-state index contributed by atoms with van der Waals surface area (Å²) in [5.74, 6) is 0. The Bertz CT molecular complexity index is 317. The fraction of sp³-hybridized carbons (Fsp3) is 0.538. The van der Waals surface area contributed by atoms with E-state index in [0.29, 0.717) is 6.04 Å². The second-order valence-corrected chi connectivity index (χ2v) is 4.22. The van der Waals surface area contributed by atoms with E-state index in [2.05, 4.69) is 37.4 Å². The number of benzene rings is 1. The van der Waals surface area contributed by atoms with E-state index >= 15 is 0 Å². The van der Waals surface area contributed by atoms with Crippen molar-refractivity contribution in [3.8, 4) is 0 Å². The molecule has 0 amide bonds. The Morgan fingerprint density at radius 1 is 1.43 bits per heavy atom. The lowest BCUT2D eigenvalue weighted by atomic mass is 9.95. The SMILES string of the molecule is CCC1NCCCc2ccc(C)cc21. The third-order valence-electron chi connectivity index (χ3n) is 3.10. The van der Waals surface area contributed by atoms with Crippen molar-refractivity contribution in [3.63, 3.8) is 0 Å². The van der Waals surface area contributed by atoms with Gasteiger partial charge in [0.05, 0.1) is 0 Å².